The predicted octanol–water partition coefficient (Wildman–Crippen LogP) is 2.96. The van der Waals surface area contributed by atoms with Crippen molar-refractivity contribution in [3.8, 4) is 0 Å². The van der Waals surface area contributed by atoms with Gasteiger partial charge in [0.15, 0.2) is 9.04 Å². The third-order valence-corrected chi connectivity index (χ3v) is 7.61. The van der Waals surface area contributed by atoms with Gasteiger partial charge in [0.2, 0.25) is 0 Å². The van der Waals surface area contributed by atoms with Gasteiger partial charge in [0.1, 0.15) is 0 Å². The van der Waals surface area contributed by atoms with Crippen LogP contribution in [-0.4, -0.2) is 15.6 Å². The van der Waals surface area contributed by atoms with Crippen molar-refractivity contribution < 1.29 is 4.43 Å². The first-order chi connectivity index (χ1) is 6.92. The van der Waals surface area contributed by atoms with Crippen molar-refractivity contribution in [1.29, 1.82) is 0 Å². The summed E-state index contributed by atoms with van der Waals surface area (Å²) in [5.41, 5.74) is 0. The van der Waals surface area contributed by atoms with E-state index in [0.717, 1.165) is 24.4 Å². The Morgan fingerprint density at radius 2 is 2.14 bits per heavy atom. The summed E-state index contributed by atoms with van der Waals surface area (Å²) in [4.78, 5) is 0. The zero-order valence-electron chi connectivity index (χ0n) is 9.08. The fourth-order valence-electron chi connectivity index (χ4n) is 4.00. The third kappa shape index (κ3) is 1.79. The number of hydrogen-bond donors (Lipinski definition) is 0. The molecule has 3 fully saturated rings. The maximum atomic E-state index is 5.99. The molecule has 1 saturated heterocycles. The average molecular weight is 210 g/mol. The van der Waals surface area contributed by atoms with Gasteiger partial charge in [-0.25, -0.2) is 0 Å². The molecule has 4 atom stereocenters. The molecule has 0 aromatic carbocycles. The first kappa shape index (κ1) is 9.41. The van der Waals surface area contributed by atoms with Crippen LogP contribution in [0.25, 0.3) is 0 Å². The van der Waals surface area contributed by atoms with Gasteiger partial charge in [-0.3, -0.25) is 0 Å². The van der Waals surface area contributed by atoms with E-state index in [2.05, 4.69) is 0 Å². The van der Waals surface area contributed by atoms with Gasteiger partial charge >= 0.3 is 0 Å². The number of fused-ring (bicyclic) bond motifs is 2. The molecule has 3 aliphatic rings. The zero-order valence-corrected chi connectivity index (χ0v) is 10.2. The Kier molecular flexibility index (Phi) is 2.67. The molecule has 4 unspecified atom stereocenters. The molecule has 0 amide bonds. The van der Waals surface area contributed by atoms with E-state index in [1.807, 2.05) is 0 Å². The van der Waals surface area contributed by atoms with Gasteiger partial charge in [0, 0.05) is 6.61 Å². The van der Waals surface area contributed by atoms with Gasteiger partial charge in [-0.2, -0.15) is 0 Å². The SMILES string of the molecule is C1CC[SiH](CC2CC3CCC2C3)OC1. The summed E-state index contributed by atoms with van der Waals surface area (Å²) in [6, 6.07) is 3.01. The van der Waals surface area contributed by atoms with Gasteiger partial charge in [0.05, 0.1) is 0 Å². The van der Waals surface area contributed by atoms with Crippen molar-refractivity contribution in [2.75, 3.05) is 6.61 Å². The molecule has 0 radical (unpaired) electrons. The van der Waals surface area contributed by atoms with Crippen molar-refractivity contribution in [1.82, 2.24) is 0 Å². The van der Waals surface area contributed by atoms with Crippen LogP contribution in [0.4, 0.5) is 0 Å². The molecule has 0 aromatic rings. The summed E-state index contributed by atoms with van der Waals surface area (Å²) in [6.07, 6.45) is 9.05. The Morgan fingerprint density at radius 3 is 2.79 bits per heavy atom. The second kappa shape index (κ2) is 3.97. The van der Waals surface area contributed by atoms with E-state index >= 15 is 0 Å². The summed E-state index contributed by atoms with van der Waals surface area (Å²) in [5, 5.41) is 0. The van der Waals surface area contributed by atoms with E-state index in [0.29, 0.717) is 0 Å². The largest absolute Gasteiger partial charge is 0.420 e. The highest BCUT2D eigenvalue weighted by atomic mass is 28.3. The van der Waals surface area contributed by atoms with Crippen LogP contribution in [0.5, 0.6) is 0 Å². The molecule has 0 N–H and O–H groups in total. The highest BCUT2D eigenvalue weighted by molar-refractivity contribution is 6.52. The molecule has 2 aliphatic carbocycles. The number of hydrogen-bond acceptors (Lipinski definition) is 1. The molecule has 2 saturated carbocycles. The van der Waals surface area contributed by atoms with E-state index in [1.165, 1.54) is 24.9 Å². The minimum Gasteiger partial charge on any atom is -0.420 e. The Labute approximate surface area is 89.0 Å². The highest BCUT2D eigenvalue weighted by Crippen LogP contribution is 2.50. The topological polar surface area (TPSA) is 9.23 Å². The molecule has 1 heterocycles. The first-order valence-corrected chi connectivity index (χ1v) is 8.64. The van der Waals surface area contributed by atoms with Crippen molar-refractivity contribution >= 4 is 9.04 Å². The van der Waals surface area contributed by atoms with Gasteiger partial charge in [-0.1, -0.05) is 12.8 Å². The van der Waals surface area contributed by atoms with Gasteiger partial charge in [-0.05, 0) is 55.5 Å². The minimum atomic E-state index is -0.711. The van der Waals surface area contributed by atoms with Gasteiger partial charge in [0.25, 0.3) is 0 Å². The van der Waals surface area contributed by atoms with Crippen LogP contribution in [0.2, 0.25) is 12.1 Å². The van der Waals surface area contributed by atoms with Crippen molar-refractivity contribution in [3.63, 3.8) is 0 Å². The quantitative estimate of drug-likeness (QED) is 0.637. The average Bonchev–Trinajstić information content (AvgIpc) is 2.81. The molecule has 0 spiro atoms. The van der Waals surface area contributed by atoms with Crippen molar-refractivity contribution in [2.24, 2.45) is 17.8 Å². The maximum Gasteiger partial charge on any atom is 0.177 e. The zero-order chi connectivity index (χ0) is 9.38. The minimum absolute atomic E-state index is 0.711. The van der Waals surface area contributed by atoms with Crippen LogP contribution >= 0.6 is 0 Å². The van der Waals surface area contributed by atoms with Crippen LogP contribution in [-0.2, 0) is 4.43 Å². The Bertz CT molecular complexity index is 200. The van der Waals surface area contributed by atoms with Crippen LogP contribution < -0.4 is 0 Å². The van der Waals surface area contributed by atoms with Crippen LogP contribution in [0.15, 0.2) is 0 Å². The molecule has 3 rings (SSSR count). The van der Waals surface area contributed by atoms with Crippen LogP contribution in [0.3, 0.4) is 0 Å². The standard InChI is InChI=1S/C12H22OSi/c1-2-6-14(13-5-1)9-12-8-10-3-4-11(12)7-10/h10-12,14H,1-9H2. The highest BCUT2D eigenvalue weighted by Gasteiger charge is 2.40. The van der Waals surface area contributed by atoms with E-state index in [1.54, 1.807) is 25.7 Å². The molecule has 2 heteroatoms. The molecule has 0 aromatic heterocycles. The van der Waals surface area contributed by atoms with E-state index in [-0.39, 0.29) is 0 Å². The fraction of sp³-hybridized carbons (Fsp3) is 1.00. The lowest BCUT2D eigenvalue weighted by Gasteiger charge is -2.28. The van der Waals surface area contributed by atoms with E-state index in [4.69, 9.17) is 4.43 Å². The van der Waals surface area contributed by atoms with Gasteiger partial charge in [-0.15, -0.1) is 0 Å². The second-order valence-corrected chi connectivity index (χ2v) is 8.29. The molecule has 80 valence electrons. The Balaban J connectivity index is 1.52. The van der Waals surface area contributed by atoms with Crippen LogP contribution in [0, 0.1) is 17.8 Å². The van der Waals surface area contributed by atoms with Crippen LogP contribution in [0.1, 0.15) is 38.5 Å². The molecular formula is C12H22OSi. The van der Waals surface area contributed by atoms with Crippen molar-refractivity contribution in [2.45, 2.75) is 50.6 Å². The molecule has 1 nitrogen and oxygen atoms in total. The summed E-state index contributed by atoms with van der Waals surface area (Å²) in [5.74, 6) is 3.35. The molecule has 1 aliphatic heterocycles. The summed E-state index contributed by atoms with van der Waals surface area (Å²) in [7, 11) is -0.711. The Hall–Kier alpha value is 0.177. The fourth-order valence-corrected chi connectivity index (χ4v) is 7.03. The summed E-state index contributed by atoms with van der Waals surface area (Å²) < 4.78 is 5.99. The normalized spacial score (nSPS) is 47.1. The molecule has 2 bridgehead atoms. The lowest BCUT2D eigenvalue weighted by Crippen LogP contribution is -2.27. The van der Waals surface area contributed by atoms with E-state index < -0.39 is 9.04 Å². The Morgan fingerprint density at radius 1 is 1.14 bits per heavy atom. The first-order valence-electron chi connectivity index (χ1n) is 6.53. The monoisotopic (exact) mass is 210 g/mol. The number of rotatable bonds is 2. The third-order valence-electron chi connectivity index (χ3n) is 4.72. The predicted molar refractivity (Wildman–Crippen MR) is 60.9 cm³/mol. The molecule has 14 heavy (non-hydrogen) atoms. The smallest absolute Gasteiger partial charge is 0.177 e. The maximum absolute atomic E-state index is 5.99. The summed E-state index contributed by atoms with van der Waals surface area (Å²) in [6.45, 7) is 1.09. The summed E-state index contributed by atoms with van der Waals surface area (Å²) >= 11 is 0. The lowest BCUT2D eigenvalue weighted by molar-refractivity contribution is 0.270. The van der Waals surface area contributed by atoms with Gasteiger partial charge < -0.3 is 4.43 Å². The molecular weight excluding hydrogens is 188 g/mol. The van der Waals surface area contributed by atoms with Crippen molar-refractivity contribution in [3.05, 3.63) is 0 Å². The van der Waals surface area contributed by atoms with E-state index in [9.17, 15) is 0 Å². The lowest BCUT2D eigenvalue weighted by atomic mass is 9.90. The second-order valence-electron chi connectivity index (χ2n) is 5.66.